The van der Waals surface area contributed by atoms with E-state index in [4.69, 9.17) is 4.74 Å². The molecular weight excluding hydrogens is 362 g/mol. The first-order chi connectivity index (χ1) is 8.56. The van der Waals surface area contributed by atoms with E-state index in [0.29, 0.717) is 11.5 Å². The summed E-state index contributed by atoms with van der Waals surface area (Å²) in [6.07, 6.45) is 2.71. The minimum absolute atomic E-state index is 0.599. The van der Waals surface area contributed by atoms with Crippen molar-refractivity contribution >= 4 is 31.9 Å². The smallest absolute Gasteiger partial charge is 0.146 e. The predicted octanol–water partition coefficient (Wildman–Crippen LogP) is 4.45. The maximum absolute atomic E-state index is 9.74. The fraction of sp³-hybridized carbons (Fsp3) is 0.154. The number of aliphatic hydroxyl groups excluding tert-OH is 1. The first-order valence-electron chi connectivity index (χ1n) is 5.32. The predicted molar refractivity (Wildman–Crippen MR) is 76.8 cm³/mol. The van der Waals surface area contributed by atoms with E-state index in [1.54, 1.807) is 19.3 Å². The standard InChI is InChI=1S/C13H11Br2NO2/c1-8(17)12-5-9(14)2-3-13(12)18-11-4-10(15)6-16-7-11/h2-8,17H,1H3. The van der Waals surface area contributed by atoms with Crippen LogP contribution < -0.4 is 4.74 Å². The topological polar surface area (TPSA) is 42.4 Å². The Kier molecular flexibility index (Phi) is 4.37. The molecule has 1 atom stereocenters. The van der Waals surface area contributed by atoms with Crippen molar-refractivity contribution in [1.82, 2.24) is 4.98 Å². The lowest BCUT2D eigenvalue weighted by Gasteiger charge is -2.13. The summed E-state index contributed by atoms with van der Waals surface area (Å²) in [5.74, 6) is 1.24. The summed E-state index contributed by atoms with van der Waals surface area (Å²) in [4.78, 5) is 4.03. The monoisotopic (exact) mass is 371 g/mol. The summed E-state index contributed by atoms with van der Waals surface area (Å²) in [6.45, 7) is 1.70. The number of halogens is 2. The van der Waals surface area contributed by atoms with Gasteiger partial charge in [-0.1, -0.05) is 15.9 Å². The van der Waals surface area contributed by atoms with Crippen molar-refractivity contribution in [2.45, 2.75) is 13.0 Å². The van der Waals surface area contributed by atoms with Crippen LogP contribution in [0.15, 0.2) is 45.6 Å². The Labute approximate surface area is 122 Å². The molecular formula is C13H11Br2NO2. The highest BCUT2D eigenvalue weighted by atomic mass is 79.9. The molecule has 2 rings (SSSR count). The van der Waals surface area contributed by atoms with Gasteiger partial charge in [0.15, 0.2) is 0 Å². The van der Waals surface area contributed by atoms with Gasteiger partial charge in [-0.25, -0.2) is 0 Å². The highest BCUT2D eigenvalue weighted by Crippen LogP contribution is 2.32. The van der Waals surface area contributed by atoms with E-state index in [9.17, 15) is 5.11 Å². The van der Waals surface area contributed by atoms with Crippen molar-refractivity contribution in [3.05, 3.63) is 51.2 Å². The molecule has 1 N–H and O–H groups in total. The van der Waals surface area contributed by atoms with Crippen molar-refractivity contribution in [2.24, 2.45) is 0 Å². The van der Waals surface area contributed by atoms with Crippen LogP contribution in [0.4, 0.5) is 0 Å². The van der Waals surface area contributed by atoms with Crippen LogP contribution in [-0.4, -0.2) is 10.1 Å². The van der Waals surface area contributed by atoms with Crippen LogP contribution in [0.3, 0.4) is 0 Å². The number of pyridine rings is 1. The average molecular weight is 373 g/mol. The molecule has 1 heterocycles. The first-order valence-corrected chi connectivity index (χ1v) is 6.91. The zero-order chi connectivity index (χ0) is 13.1. The van der Waals surface area contributed by atoms with Gasteiger partial charge in [-0.2, -0.15) is 0 Å². The Morgan fingerprint density at radius 3 is 2.61 bits per heavy atom. The quantitative estimate of drug-likeness (QED) is 0.865. The zero-order valence-electron chi connectivity index (χ0n) is 9.60. The molecule has 2 aromatic rings. The van der Waals surface area contributed by atoms with Crippen LogP contribution in [0, 0.1) is 0 Å². The van der Waals surface area contributed by atoms with Crippen molar-refractivity contribution < 1.29 is 9.84 Å². The number of rotatable bonds is 3. The highest BCUT2D eigenvalue weighted by Gasteiger charge is 2.11. The van der Waals surface area contributed by atoms with Crippen molar-refractivity contribution in [2.75, 3.05) is 0 Å². The third-order valence-electron chi connectivity index (χ3n) is 2.33. The normalized spacial score (nSPS) is 12.2. The fourth-order valence-electron chi connectivity index (χ4n) is 1.51. The Hall–Kier alpha value is -0.910. The maximum atomic E-state index is 9.74. The maximum Gasteiger partial charge on any atom is 0.146 e. The number of aromatic nitrogens is 1. The van der Waals surface area contributed by atoms with E-state index >= 15 is 0 Å². The number of ether oxygens (including phenoxy) is 1. The fourth-order valence-corrected chi connectivity index (χ4v) is 2.24. The second-order valence-electron chi connectivity index (χ2n) is 3.80. The number of hydrogen-bond donors (Lipinski definition) is 1. The van der Waals surface area contributed by atoms with Gasteiger partial charge < -0.3 is 9.84 Å². The molecule has 0 spiro atoms. The van der Waals surface area contributed by atoms with E-state index in [0.717, 1.165) is 14.5 Å². The highest BCUT2D eigenvalue weighted by molar-refractivity contribution is 9.10. The molecule has 94 valence electrons. The molecule has 0 saturated heterocycles. The molecule has 0 radical (unpaired) electrons. The van der Waals surface area contributed by atoms with Gasteiger partial charge in [0.2, 0.25) is 0 Å². The molecule has 0 aliphatic heterocycles. The van der Waals surface area contributed by atoms with E-state index < -0.39 is 6.10 Å². The van der Waals surface area contributed by atoms with Crippen LogP contribution in [0.1, 0.15) is 18.6 Å². The Morgan fingerprint density at radius 1 is 1.17 bits per heavy atom. The van der Waals surface area contributed by atoms with Gasteiger partial charge in [-0.05, 0) is 47.1 Å². The molecule has 3 nitrogen and oxygen atoms in total. The van der Waals surface area contributed by atoms with Gasteiger partial charge in [0, 0.05) is 20.7 Å². The van der Waals surface area contributed by atoms with E-state index in [1.165, 1.54) is 0 Å². The summed E-state index contributed by atoms with van der Waals surface area (Å²) in [5, 5.41) is 9.74. The lowest BCUT2D eigenvalue weighted by atomic mass is 10.1. The molecule has 1 aromatic carbocycles. The second kappa shape index (κ2) is 5.82. The molecule has 0 amide bonds. The molecule has 18 heavy (non-hydrogen) atoms. The summed E-state index contributed by atoms with van der Waals surface area (Å²) >= 11 is 6.71. The third kappa shape index (κ3) is 3.31. The van der Waals surface area contributed by atoms with Gasteiger partial charge in [-0.3, -0.25) is 4.98 Å². The number of aliphatic hydroxyl groups is 1. The average Bonchev–Trinajstić information content (AvgIpc) is 2.31. The van der Waals surface area contributed by atoms with Crippen LogP contribution in [0.5, 0.6) is 11.5 Å². The first kappa shape index (κ1) is 13.5. The molecule has 0 saturated carbocycles. The van der Waals surface area contributed by atoms with Crippen molar-refractivity contribution in [3.8, 4) is 11.5 Å². The minimum atomic E-state index is -0.599. The Morgan fingerprint density at radius 2 is 1.94 bits per heavy atom. The van der Waals surface area contributed by atoms with Crippen LogP contribution >= 0.6 is 31.9 Å². The van der Waals surface area contributed by atoms with Gasteiger partial charge in [0.25, 0.3) is 0 Å². The molecule has 1 aromatic heterocycles. The van der Waals surface area contributed by atoms with Crippen molar-refractivity contribution in [3.63, 3.8) is 0 Å². The van der Waals surface area contributed by atoms with Crippen LogP contribution in [0.25, 0.3) is 0 Å². The number of benzene rings is 1. The lowest BCUT2D eigenvalue weighted by Crippen LogP contribution is -1.96. The van der Waals surface area contributed by atoms with Gasteiger partial charge in [0.1, 0.15) is 11.5 Å². The second-order valence-corrected chi connectivity index (χ2v) is 5.63. The molecule has 0 fully saturated rings. The summed E-state index contributed by atoms with van der Waals surface area (Å²) in [6, 6.07) is 7.34. The summed E-state index contributed by atoms with van der Waals surface area (Å²) < 4.78 is 7.48. The van der Waals surface area contributed by atoms with E-state index in [1.807, 2.05) is 24.3 Å². The lowest BCUT2D eigenvalue weighted by molar-refractivity contribution is 0.195. The zero-order valence-corrected chi connectivity index (χ0v) is 12.8. The molecule has 0 bridgehead atoms. The van der Waals surface area contributed by atoms with Crippen LogP contribution in [-0.2, 0) is 0 Å². The van der Waals surface area contributed by atoms with Gasteiger partial charge in [-0.15, -0.1) is 0 Å². The van der Waals surface area contributed by atoms with Crippen molar-refractivity contribution in [1.29, 1.82) is 0 Å². The molecule has 1 unspecified atom stereocenters. The van der Waals surface area contributed by atoms with Gasteiger partial charge >= 0.3 is 0 Å². The molecule has 0 aliphatic rings. The largest absolute Gasteiger partial charge is 0.455 e. The van der Waals surface area contributed by atoms with Crippen LogP contribution in [0.2, 0.25) is 0 Å². The summed E-state index contributed by atoms with van der Waals surface area (Å²) in [5.41, 5.74) is 0.726. The van der Waals surface area contributed by atoms with E-state index in [2.05, 4.69) is 36.8 Å². The number of nitrogens with zero attached hydrogens (tertiary/aromatic N) is 1. The Balaban J connectivity index is 2.34. The molecule has 0 aliphatic carbocycles. The number of hydrogen-bond acceptors (Lipinski definition) is 3. The minimum Gasteiger partial charge on any atom is -0.455 e. The third-order valence-corrected chi connectivity index (χ3v) is 3.26. The SMILES string of the molecule is CC(O)c1cc(Br)ccc1Oc1cncc(Br)c1. The van der Waals surface area contributed by atoms with Gasteiger partial charge in [0.05, 0.1) is 12.3 Å². The summed E-state index contributed by atoms with van der Waals surface area (Å²) in [7, 11) is 0. The molecule has 5 heteroatoms. The Bertz CT molecular complexity index is 558. The van der Waals surface area contributed by atoms with E-state index in [-0.39, 0.29) is 0 Å².